The Balaban J connectivity index is 1.57. The van der Waals surface area contributed by atoms with Crippen LogP contribution in [-0.2, 0) is 14.0 Å². The minimum Gasteiger partial charge on any atom is -0.493 e. The molecule has 0 unspecified atom stereocenters. The predicted molar refractivity (Wildman–Crippen MR) is 91.2 cm³/mol. The summed E-state index contributed by atoms with van der Waals surface area (Å²) in [5, 5.41) is 0. The van der Waals surface area contributed by atoms with Gasteiger partial charge in [-0.2, -0.15) is 0 Å². The van der Waals surface area contributed by atoms with Crippen LogP contribution in [0.2, 0.25) is 0 Å². The summed E-state index contributed by atoms with van der Waals surface area (Å²) in [6.07, 6.45) is 2.18. The third kappa shape index (κ3) is 3.73. The van der Waals surface area contributed by atoms with E-state index in [1.165, 1.54) is 0 Å². The highest BCUT2D eigenvalue weighted by Gasteiger charge is 2.51. The summed E-state index contributed by atoms with van der Waals surface area (Å²) < 4.78 is 23.4. The molecule has 1 aromatic rings. The van der Waals surface area contributed by atoms with Crippen molar-refractivity contribution in [3.8, 4) is 5.75 Å². The lowest BCUT2D eigenvalue weighted by Gasteiger charge is -2.32. The van der Waals surface area contributed by atoms with Crippen molar-refractivity contribution >= 4 is 12.6 Å². The van der Waals surface area contributed by atoms with Crippen LogP contribution in [-0.4, -0.2) is 38.1 Å². The van der Waals surface area contributed by atoms with Crippen LogP contribution in [0.15, 0.2) is 24.3 Å². The quantitative estimate of drug-likeness (QED) is 0.800. The summed E-state index contributed by atoms with van der Waals surface area (Å²) in [6, 6.07) is 8.06. The molecule has 0 N–H and O–H groups in total. The fourth-order valence-electron chi connectivity index (χ4n) is 2.83. The van der Waals surface area contributed by atoms with E-state index in [4.69, 9.17) is 18.8 Å². The third-order valence-corrected chi connectivity index (χ3v) is 5.23. The highest BCUT2D eigenvalue weighted by atomic mass is 16.7. The molecule has 0 atom stereocenters. The zero-order valence-corrected chi connectivity index (χ0v) is 14.6. The first-order valence-corrected chi connectivity index (χ1v) is 8.53. The van der Waals surface area contributed by atoms with Crippen LogP contribution in [0.4, 0.5) is 0 Å². The summed E-state index contributed by atoms with van der Waals surface area (Å²) in [5.41, 5.74) is 0.410. The van der Waals surface area contributed by atoms with Gasteiger partial charge in [-0.25, -0.2) is 0 Å². The Morgan fingerprint density at radius 1 is 1.00 bits per heavy atom. The molecule has 2 heterocycles. The maximum Gasteiger partial charge on any atom is 0.494 e. The molecule has 0 aliphatic carbocycles. The molecule has 3 rings (SSSR count). The van der Waals surface area contributed by atoms with Crippen molar-refractivity contribution in [2.75, 3.05) is 19.8 Å². The van der Waals surface area contributed by atoms with Gasteiger partial charge in [0, 0.05) is 13.2 Å². The molecule has 1 aromatic carbocycles. The van der Waals surface area contributed by atoms with Gasteiger partial charge in [0.25, 0.3) is 0 Å². The van der Waals surface area contributed by atoms with E-state index in [0.29, 0.717) is 5.92 Å². The monoisotopic (exact) mass is 318 g/mol. The summed E-state index contributed by atoms with van der Waals surface area (Å²) in [7, 11) is -0.315. The molecule has 5 heteroatoms. The largest absolute Gasteiger partial charge is 0.494 e. The number of ether oxygens (including phenoxy) is 2. The second-order valence-electron chi connectivity index (χ2n) is 7.52. The first-order valence-electron chi connectivity index (χ1n) is 8.53. The van der Waals surface area contributed by atoms with Gasteiger partial charge < -0.3 is 18.8 Å². The molecular formula is C18H27BO4. The number of benzene rings is 1. The number of hydrogen-bond donors (Lipinski definition) is 0. The molecule has 2 saturated heterocycles. The first kappa shape index (κ1) is 16.8. The first-order chi connectivity index (χ1) is 10.9. The van der Waals surface area contributed by atoms with Gasteiger partial charge in [0.2, 0.25) is 0 Å². The van der Waals surface area contributed by atoms with Gasteiger partial charge in [0.1, 0.15) is 5.75 Å². The Morgan fingerprint density at radius 2 is 1.57 bits per heavy atom. The van der Waals surface area contributed by atoms with Crippen molar-refractivity contribution in [2.45, 2.75) is 51.7 Å². The minimum absolute atomic E-state index is 0.310. The SMILES string of the molecule is CC1(C)OB(c2ccc(OCC3CCOCC3)cc2)OC1(C)C. The topological polar surface area (TPSA) is 36.9 Å². The minimum atomic E-state index is -0.315. The second-order valence-corrected chi connectivity index (χ2v) is 7.52. The van der Waals surface area contributed by atoms with E-state index in [-0.39, 0.29) is 18.3 Å². The van der Waals surface area contributed by atoms with Crippen molar-refractivity contribution < 1.29 is 18.8 Å². The van der Waals surface area contributed by atoms with Crippen molar-refractivity contribution in [1.29, 1.82) is 0 Å². The van der Waals surface area contributed by atoms with E-state index in [9.17, 15) is 0 Å². The average Bonchev–Trinajstić information content (AvgIpc) is 2.75. The third-order valence-electron chi connectivity index (χ3n) is 5.23. The highest BCUT2D eigenvalue weighted by Crippen LogP contribution is 2.36. The van der Waals surface area contributed by atoms with E-state index < -0.39 is 0 Å². The molecule has 0 radical (unpaired) electrons. The maximum absolute atomic E-state index is 6.07. The van der Waals surface area contributed by atoms with Crippen LogP contribution in [0.1, 0.15) is 40.5 Å². The molecule has 2 aliphatic heterocycles. The summed E-state index contributed by atoms with van der Waals surface area (Å²) >= 11 is 0. The molecule has 2 aliphatic rings. The molecule has 126 valence electrons. The number of hydrogen-bond acceptors (Lipinski definition) is 4. The predicted octanol–water partition coefficient (Wildman–Crippen LogP) is 2.79. The van der Waals surface area contributed by atoms with Gasteiger partial charge in [0.15, 0.2) is 0 Å². The van der Waals surface area contributed by atoms with E-state index in [1.54, 1.807) is 0 Å². The van der Waals surface area contributed by atoms with Gasteiger partial charge in [0.05, 0.1) is 17.8 Å². The molecule has 2 fully saturated rings. The van der Waals surface area contributed by atoms with Crippen molar-refractivity contribution in [3.63, 3.8) is 0 Å². The van der Waals surface area contributed by atoms with E-state index in [0.717, 1.165) is 43.9 Å². The Morgan fingerprint density at radius 3 is 2.13 bits per heavy atom. The lowest BCUT2D eigenvalue weighted by atomic mass is 9.79. The highest BCUT2D eigenvalue weighted by molar-refractivity contribution is 6.62. The van der Waals surface area contributed by atoms with Gasteiger partial charge in [-0.05, 0) is 64.1 Å². The Labute approximate surface area is 139 Å². The van der Waals surface area contributed by atoms with Gasteiger partial charge >= 0.3 is 7.12 Å². The van der Waals surface area contributed by atoms with E-state index in [1.807, 2.05) is 24.3 Å². The van der Waals surface area contributed by atoms with Crippen LogP contribution in [0, 0.1) is 5.92 Å². The molecule has 0 aromatic heterocycles. The lowest BCUT2D eigenvalue weighted by Crippen LogP contribution is -2.41. The normalized spacial score (nSPS) is 23.9. The van der Waals surface area contributed by atoms with Crippen LogP contribution < -0.4 is 10.2 Å². The zero-order valence-electron chi connectivity index (χ0n) is 14.6. The molecule has 0 saturated carbocycles. The fraction of sp³-hybridized carbons (Fsp3) is 0.667. The Kier molecular flexibility index (Phi) is 4.72. The molecule has 0 spiro atoms. The maximum atomic E-state index is 6.07. The van der Waals surface area contributed by atoms with Crippen LogP contribution in [0.3, 0.4) is 0 Å². The number of rotatable bonds is 4. The fourth-order valence-corrected chi connectivity index (χ4v) is 2.83. The zero-order chi connectivity index (χ0) is 16.5. The summed E-state index contributed by atoms with van der Waals surface area (Å²) in [5.74, 6) is 1.50. The Hall–Kier alpha value is -1.04. The van der Waals surface area contributed by atoms with Crippen molar-refractivity contribution in [2.24, 2.45) is 5.92 Å². The second kappa shape index (κ2) is 6.46. The summed E-state index contributed by atoms with van der Waals surface area (Å²) in [6.45, 7) is 10.7. The smallest absolute Gasteiger partial charge is 0.493 e. The van der Waals surface area contributed by atoms with E-state index in [2.05, 4.69) is 27.7 Å². The molecule has 4 nitrogen and oxygen atoms in total. The van der Waals surface area contributed by atoms with Crippen LogP contribution in [0.25, 0.3) is 0 Å². The van der Waals surface area contributed by atoms with Gasteiger partial charge in [-0.1, -0.05) is 12.1 Å². The summed E-state index contributed by atoms with van der Waals surface area (Å²) in [4.78, 5) is 0. The van der Waals surface area contributed by atoms with Crippen LogP contribution in [0.5, 0.6) is 5.75 Å². The standard InChI is InChI=1S/C18H27BO4/c1-17(2)18(3,4)23-19(22-17)15-5-7-16(8-6-15)21-13-14-9-11-20-12-10-14/h5-8,14H,9-13H2,1-4H3. The lowest BCUT2D eigenvalue weighted by molar-refractivity contribution is 0.00578. The van der Waals surface area contributed by atoms with Crippen LogP contribution >= 0.6 is 0 Å². The van der Waals surface area contributed by atoms with Crippen molar-refractivity contribution in [3.05, 3.63) is 24.3 Å². The van der Waals surface area contributed by atoms with Gasteiger partial charge in [-0.15, -0.1) is 0 Å². The molecule has 23 heavy (non-hydrogen) atoms. The molecule has 0 amide bonds. The molecule has 0 bridgehead atoms. The molecular weight excluding hydrogens is 291 g/mol. The van der Waals surface area contributed by atoms with E-state index >= 15 is 0 Å². The van der Waals surface area contributed by atoms with Crippen molar-refractivity contribution in [1.82, 2.24) is 0 Å². The average molecular weight is 318 g/mol. The Bertz CT molecular complexity index is 504. The van der Waals surface area contributed by atoms with Gasteiger partial charge in [-0.3, -0.25) is 0 Å².